The summed E-state index contributed by atoms with van der Waals surface area (Å²) in [6.45, 7) is 1.98. The van der Waals surface area contributed by atoms with E-state index in [1.54, 1.807) is 17.4 Å². The van der Waals surface area contributed by atoms with Crippen LogP contribution in [0.15, 0.2) is 50.6 Å². The predicted molar refractivity (Wildman–Crippen MR) is 106 cm³/mol. The number of hydrogen-bond acceptors (Lipinski definition) is 9. The van der Waals surface area contributed by atoms with Crippen molar-refractivity contribution in [2.45, 2.75) is 17.0 Å². The molecule has 1 aromatic carbocycles. The number of nitrogens with zero attached hydrogens (tertiary/aromatic N) is 4. The molecule has 0 spiro atoms. The number of thiazole rings is 1. The summed E-state index contributed by atoms with van der Waals surface area (Å²) in [6.07, 6.45) is 0. The first-order valence-electron chi connectivity index (χ1n) is 7.88. The van der Waals surface area contributed by atoms with Crippen LogP contribution in [0.2, 0.25) is 0 Å². The Morgan fingerprint density at radius 1 is 1.26 bits per heavy atom. The second-order valence-corrected chi connectivity index (χ2v) is 8.68. The monoisotopic (exact) mass is 415 g/mol. The lowest BCUT2D eigenvalue weighted by Gasteiger charge is -1.95. The van der Waals surface area contributed by atoms with Gasteiger partial charge in [0.25, 0.3) is 5.91 Å². The lowest BCUT2D eigenvalue weighted by molar-refractivity contribution is 0.101. The molecule has 4 aromatic rings. The van der Waals surface area contributed by atoms with Crippen LogP contribution in [0, 0.1) is 6.92 Å². The second-order valence-electron chi connectivity index (χ2n) is 5.42. The summed E-state index contributed by atoms with van der Waals surface area (Å²) in [6, 6.07) is 11.1. The predicted octanol–water partition coefficient (Wildman–Crippen LogP) is 4.50. The third-order valence-corrected chi connectivity index (χ3v) is 6.27. The van der Waals surface area contributed by atoms with Gasteiger partial charge in [-0.15, -0.1) is 21.5 Å². The van der Waals surface area contributed by atoms with Gasteiger partial charge in [0, 0.05) is 22.8 Å². The molecule has 27 heavy (non-hydrogen) atoms. The van der Waals surface area contributed by atoms with E-state index in [0.717, 1.165) is 26.4 Å². The van der Waals surface area contributed by atoms with Gasteiger partial charge in [0.2, 0.25) is 5.13 Å². The van der Waals surface area contributed by atoms with E-state index < -0.39 is 0 Å². The molecule has 0 aliphatic carbocycles. The summed E-state index contributed by atoms with van der Waals surface area (Å²) in [4.78, 5) is 16.8. The van der Waals surface area contributed by atoms with Crippen LogP contribution in [-0.4, -0.2) is 26.2 Å². The van der Waals surface area contributed by atoms with Crippen LogP contribution in [-0.2, 0) is 5.75 Å². The quantitative estimate of drug-likeness (QED) is 0.366. The Hall–Kier alpha value is -2.56. The van der Waals surface area contributed by atoms with Crippen molar-refractivity contribution < 1.29 is 9.32 Å². The Morgan fingerprint density at radius 2 is 2.11 bits per heavy atom. The minimum atomic E-state index is -0.385. The Labute approximate surface area is 166 Å². The number of nitrogens with one attached hydrogen (secondary N) is 1. The lowest BCUT2D eigenvalue weighted by atomic mass is 10.1. The molecule has 0 bridgehead atoms. The highest BCUT2D eigenvalue weighted by Crippen LogP contribution is 2.29. The molecule has 0 saturated carbocycles. The van der Waals surface area contributed by atoms with Crippen molar-refractivity contribution in [1.82, 2.24) is 20.3 Å². The van der Waals surface area contributed by atoms with Crippen molar-refractivity contribution in [3.8, 4) is 11.3 Å². The molecule has 10 heteroatoms. The van der Waals surface area contributed by atoms with Crippen molar-refractivity contribution in [2.24, 2.45) is 0 Å². The minimum absolute atomic E-state index is 0.191. The van der Waals surface area contributed by atoms with Crippen molar-refractivity contribution in [3.63, 3.8) is 0 Å². The van der Waals surface area contributed by atoms with Crippen LogP contribution in [0.3, 0.4) is 0 Å². The van der Waals surface area contributed by atoms with E-state index in [9.17, 15) is 4.79 Å². The van der Waals surface area contributed by atoms with Crippen molar-refractivity contribution in [1.29, 1.82) is 0 Å². The fourth-order valence-electron chi connectivity index (χ4n) is 2.21. The van der Waals surface area contributed by atoms with Crippen molar-refractivity contribution in [2.75, 3.05) is 5.32 Å². The average molecular weight is 416 g/mol. The van der Waals surface area contributed by atoms with Gasteiger partial charge in [-0.2, -0.15) is 0 Å². The summed E-state index contributed by atoms with van der Waals surface area (Å²) < 4.78 is 6.02. The number of aromatic nitrogens is 4. The zero-order chi connectivity index (χ0) is 18.6. The lowest BCUT2D eigenvalue weighted by Crippen LogP contribution is -2.11. The molecule has 7 nitrogen and oxygen atoms in total. The van der Waals surface area contributed by atoms with Crippen LogP contribution < -0.4 is 5.32 Å². The largest absolute Gasteiger partial charge is 0.355 e. The summed E-state index contributed by atoms with van der Waals surface area (Å²) >= 11 is 4.47. The highest BCUT2D eigenvalue weighted by Gasteiger charge is 2.16. The molecule has 1 N–H and O–H groups in total. The number of carbonyl (C=O) groups excluding carboxylic acids is 1. The maximum atomic E-state index is 12.3. The van der Waals surface area contributed by atoms with Gasteiger partial charge in [-0.05, 0) is 6.92 Å². The summed E-state index contributed by atoms with van der Waals surface area (Å²) in [5.41, 5.74) is 2.06. The van der Waals surface area contributed by atoms with E-state index in [1.165, 1.54) is 23.1 Å². The Bertz CT molecular complexity index is 1060. The van der Waals surface area contributed by atoms with E-state index in [4.69, 9.17) is 4.52 Å². The molecule has 0 aliphatic heterocycles. The Kier molecular flexibility index (Phi) is 5.28. The first kappa shape index (κ1) is 17.8. The number of amides is 1. The first-order chi connectivity index (χ1) is 13.2. The maximum absolute atomic E-state index is 12.3. The normalized spacial score (nSPS) is 10.9. The standard InChI is InChI=1S/C17H13N5O2S3/c1-10-18-12(8-25-10)9-26-17-21-20-16(27-17)19-15(23)13-7-14(24-22-13)11-5-3-2-4-6-11/h2-8H,9H2,1H3,(H,19,20,23). The van der Waals surface area contributed by atoms with Crippen LogP contribution in [0.4, 0.5) is 5.13 Å². The zero-order valence-electron chi connectivity index (χ0n) is 14.1. The van der Waals surface area contributed by atoms with Gasteiger partial charge in [0.15, 0.2) is 15.8 Å². The molecular weight excluding hydrogens is 402 g/mol. The van der Waals surface area contributed by atoms with Gasteiger partial charge in [0.1, 0.15) is 0 Å². The summed E-state index contributed by atoms with van der Waals surface area (Å²) in [5.74, 6) is 0.868. The first-order valence-corrected chi connectivity index (χ1v) is 10.6. The molecule has 0 aliphatic rings. The van der Waals surface area contributed by atoms with Crippen LogP contribution in [0.25, 0.3) is 11.3 Å². The van der Waals surface area contributed by atoms with E-state index in [0.29, 0.717) is 10.9 Å². The topological polar surface area (TPSA) is 93.8 Å². The van der Waals surface area contributed by atoms with Gasteiger partial charge in [0.05, 0.1) is 10.7 Å². The van der Waals surface area contributed by atoms with E-state index in [2.05, 4.69) is 25.7 Å². The zero-order valence-corrected chi connectivity index (χ0v) is 16.5. The number of thioether (sulfide) groups is 1. The number of rotatable bonds is 6. The Balaban J connectivity index is 1.37. The summed E-state index contributed by atoms with van der Waals surface area (Å²) in [7, 11) is 0. The SMILES string of the molecule is Cc1nc(CSc2nnc(NC(=O)c3cc(-c4ccccc4)on3)s2)cs1. The van der Waals surface area contributed by atoms with E-state index in [1.807, 2.05) is 42.6 Å². The van der Waals surface area contributed by atoms with E-state index in [-0.39, 0.29) is 11.6 Å². The third kappa shape index (κ3) is 4.41. The van der Waals surface area contributed by atoms with Crippen LogP contribution >= 0.6 is 34.4 Å². The minimum Gasteiger partial charge on any atom is -0.355 e. The highest BCUT2D eigenvalue weighted by atomic mass is 32.2. The Morgan fingerprint density at radius 3 is 2.89 bits per heavy atom. The fraction of sp³-hybridized carbons (Fsp3) is 0.118. The maximum Gasteiger partial charge on any atom is 0.279 e. The molecule has 3 aromatic heterocycles. The smallest absolute Gasteiger partial charge is 0.279 e. The van der Waals surface area contributed by atoms with Gasteiger partial charge in [-0.3, -0.25) is 10.1 Å². The van der Waals surface area contributed by atoms with E-state index >= 15 is 0 Å². The molecule has 0 atom stereocenters. The number of hydrogen-bond donors (Lipinski definition) is 1. The average Bonchev–Trinajstić information content (AvgIpc) is 3.41. The highest BCUT2D eigenvalue weighted by molar-refractivity contribution is 8.00. The molecule has 0 unspecified atom stereocenters. The molecule has 0 fully saturated rings. The van der Waals surface area contributed by atoms with Crippen molar-refractivity contribution >= 4 is 45.5 Å². The third-order valence-electron chi connectivity index (χ3n) is 3.44. The molecule has 4 rings (SSSR count). The van der Waals surface area contributed by atoms with Crippen LogP contribution in [0.5, 0.6) is 0 Å². The molecular formula is C17H13N5O2S3. The number of benzene rings is 1. The van der Waals surface area contributed by atoms with Gasteiger partial charge < -0.3 is 4.52 Å². The fourth-order valence-corrected chi connectivity index (χ4v) is 4.57. The molecule has 136 valence electrons. The number of carbonyl (C=O) groups is 1. The number of aryl methyl sites for hydroxylation is 1. The van der Waals surface area contributed by atoms with Gasteiger partial charge in [-0.25, -0.2) is 4.98 Å². The van der Waals surface area contributed by atoms with Crippen LogP contribution in [0.1, 0.15) is 21.2 Å². The second kappa shape index (κ2) is 7.99. The van der Waals surface area contributed by atoms with Gasteiger partial charge in [-0.1, -0.05) is 58.6 Å². The molecule has 1 amide bonds. The molecule has 3 heterocycles. The molecule has 0 radical (unpaired) electrons. The summed E-state index contributed by atoms with van der Waals surface area (Å²) in [5, 5.41) is 18.1. The van der Waals surface area contributed by atoms with Gasteiger partial charge >= 0.3 is 0 Å². The van der Waals surface area contributed by atoms with Crippen molar-refractivity contribution in [3.05, 3.63) is 58.2 Å². The number of anilines is 1. The molecule has 0 saturated heterocycles.